The Morgan fingerprint density at radius 1 is 0.789 bits per heavy atom. The van der Waals surface area contributed by atoms with Crippen LogP contribution in [-0.4, -0.2) is 5.78 Å². The number of Topliss-reactive ketones (excluding diaryl/α,β-unsaturated/α-hetero) is 1. The van der Waals surface area contributed by atoms with Crippen molar-refractivity contribution in [3.05, 3.63) is 69.7 Å². The lowest BCUT2D eigenvalue weighted by molar-refractivity contribution is -0.129. The van der Waals surface area contributed by atoms with Gasteiger partial charge in [-0.1, -0.05) is 47.5 Å². The van der Waals surface area contributed by atoms with Crippen molar-refractivity contribution < 1.29 is 4.79 Å². The Morgan fingerprint density at radius 2 is 1.21 bits per heavy atom. The van der Waals surface area contributed by atoms with E-state index in [1.165, 1.54) is 0 Å². The van der Waals surface area contributed by atoms with Gasteiger partial charge in [-0.25, -0.2) is 0 Å². The van der Waals surface area contributed by atoms with Gasteiger partial charge < -0.3 is 0 Å². The van der Waals surface area contributed by atoms with Crippen molar-refractivity contribution in [1.82, 2.24) is 0 Å². The first-order chi connectivity index (χ1) is 9.13. The zero-order chi connectivity index (χ0) is 13.5. The van der Waals surface area contributed by atoms with E-state index in [0.717, 1.165) is 17.5 Å². The number of hydrogen-bond acceptors (Lipinski definition) is 1. The first-order valence-corrected chi connectivity index (χ1v) is 6.94. The Bertz CT molecular complexity index is 569. The maximum absolute atomic E-state index is 12.3. The summed E-state index contributed by atoms with van der Waals surface area (Å²) in [5.41, 5.74) is 1.51. The summed E-state index contributed by atoms with van der Waals surface area (Å²) in [6.45, 7) is 0. The molecule has 2 aromatic carbocycles. The standard InChI is InChI=1S/C16H12Cl2O/c17-13-5-1-11(2-6-13)16(10-9-15(16)19)12-3-7-14(18)8-4-12/h1-8H,9-10H2. The third-order valence-electron chi connectivity index (χ3n) is 3.88. The van der Waals surface area contributed by atoms with Crippen molar-refractivity contribution in [2.45, 2.75) is 18.3 Å². The first-order valence-electron chi connectivity index (χ1n) is 6.18. The third kappa shape index (κ3) is 1.98. The molecule has 3 heteroatoms. The fraction of sp³-hybridized carbons (Fsp3) is 0.188. The number of ketones is 1. The second kappa shape index (κ2) is 4.66. The molecule has 0 bridgehead atoms. The van der Waals surface area contributed by atoms with Gasteiger partial charge in [-0.15, -0.1) is 0 Å². The molecule has 3 rings (SSSR count). The van der Waals surface area contributed by atoms with Gasteiger partial charge in [-0.3, -0.25) is 4.79 Å². The molecule has 0 atom stereocenters. The summed E-state index contributed by atoms with van der Waals surface area (Å²) in [7, 11) is 0. The molecule has 2 aromatic rings. The number of carbonyl (C=O) groups is 1. The van der Waals surface area contributed by atoms with E-state index in [9.17, 15) is 4.79 Å². The molecule has 1 fully saturated rings. The molecule has 0 amide bonds. The normalized spacial score (nSPS) is 17.1. The highest BCUT2D eigenvalue weighted by Gasteiger charge is 2.48. The number of carbonyl (C=O) groups excluding carboxylic acids is 1. The average Bonchev–Trinajstić information content (AvgIpc) is 2.42. The Hall–Kier alpha value is -1.31. The lowest BCUT2D eigenvalue weighted by atomic mass is 9.59. The predicted molar refractivity (Wildman–Crippen MR) is 77.9 cm³/mol. The molecule has 96 valence electrons. The smallest absolute Gasteiger partial charge is 0.147 e. The topological polar surface area (TPSA) is 17.1 Å². The van der Waals surface area contributed by atoms with Crippen LogP contribution in [0.5, 0.6) is 0 Å². The minimum absolute atomic E-state index is 0.261. The summed E-state index contributed by atoms with van der Waals surface area (Å²) >= 11 is 11.8. The molecule has 0 aromatic heterocycles. The molecule has 0 saturated heterocycles. The van der Waals surface area contributed by atoms with Crippen molar-refractivity contribution in [1.29, 1.82) is 0 Å². The summed E-state index contributed by atoms with van der Waals surface area (Å²) in [5, 5.41) is 1.36. The van der Waals surface area contributed by atoms with E-state index in [-0.39, 0.29) is 5.78 Å². The van der Waals surface area contributed by atoms with Crippen LogP contribution in [0.2, 0.25) is 10.0 Å². The van der Waals surface area contributed by atoms with Crippen molar-refractivity contribution in [2.75, 3.05) is 0 Å². The van der Waals surface area contributed by atoms with Crippen molar-refractivity contribution >= 4 is 29.0 Å². The molecule has 0 N–H and O–H groups in total. The molecule has 1 saturated carbocycles. The van der Waals surface area contributed by atoms with Gasteiger partial charge in [-0.2, -0.15) is 0 Å². The zero-order valence-corrected chi connectivity index (χ0v) is 11.7. The highest BCUT2D eigenvalue weighted by molar-refractivity contribution is 6.30. The van der Waals surface area contributed by atoms with Gasteiger partial charge in [0.2, 0.25) is 0 Å². The highest BCUT2D eigenvalue weighted by Crippen LogP contribution is 2.46. The summed E-state index contributed by atoms with van der Waals surface area (Å²) < 4.78 is 0. The van der Waals surface area contributed by atoms with Gasteiger partial charge >= 0.3 is 0 Å². The molecule has 1 aliphatic carbocycles. The van der Waals surface area contributed by atoms with E-state index in [1.807, 2.05) is 48.5 Å². The molecule has 1 nitrogen and oxygen atoms in total. The van der Waals surface area contributed by atoms with E-state index in [2.05, 4.69) is 0 Å². The largest absolute Gasteiger partial charge is 0.298 e. The predicted octanol–water partition coefficient (Wildman–Crippen LogP) is 4.64. The van der Waals surface area contributed by atoms with E-state index in [0.29, 0.717) is 16.5 Å². The molecule has 1 aliphatic rings. The number of hydrogen-bond donors (Lipinski definition) is 0. The summed E-state index contributed by atoms with van der Waals surface area (Å²) in [5.74, 6) is 0.261. The number of benzene rings is 2. The van der Waals surface area contributed by atoms with Gasteiger partial charge in [0, 0.05) is 16.5 Å². The number of rotatable bonds is 2. The molecule has 0 radical (unpaired) electrons. The number of halogens is 2. The minimum atomic E-state index is -0.505. The molecule has 19 heavy (non-hydrogen) atoms. The van der Waals surface area contributed by atoms with Crippen LogP contribution in [0.25, 0.3) is 0 Å². The average molecular weight is 291 g/mol. The quantitative estimate of drug-likeness (QED) is 0.787. The van der Waals surface area contributed by atoms with Gasteiger partial charge in [0.25, 0.3) is 0 Å². The van der Waals surface area contributed by atoms with E-state index < -0.39 is 5.41 Å². The van der Waals surface area contributed by atoms with Crippen LogP contribution < -0.4 is 0 Å². The second-order valence-electron chi connectivity index (χ2n) is 4.84. The Labute approximate surface area is 122 Å². The van der Waals surface area contributed by atoms with Gasteiger partial charge in [-0.05, 0) is 41.8 Å². The third-order valence-corrected chi connectivity index (χ3v) is 4.38. The van der Waals surface area contributed by atoms with Gasteiger partial charge in [0.05, 0.1) is 5.41 Å². The maximum Gasteiger partial charge on any atom is 0.147 e. The zero-order valence-electron chi connectivity index (χ0n) is 10.2. The maximum atomic E-state index is 12.3. The minimum Gasteiger partial charge on any atom is -0.298 e. The second-order valence-corrected chi connectivity index (χ2v) is 5.72. The Morgan fingerprint density at radius 3 is 1.47 bits per heavy atom. The highest BCUT2D eigenvalue weighted by atomic mass is 35.5. The Balaban J connectivity index is 2.12. The van der Waals surface area contributed by atoms with E-state index >= 15 is 0 Å². The van der Waals surface area contributed by atoms with Crippen LogP contribution in [0.15, 0.2) is 48.5 Å². The summed E-state index contributed by atoms with van der Waals surface area (Å²) in [6, 6.07) is 15.1. The van der Waals surface area contributed by atoms with Crippen LogP contribution in [0.4, 0.5) is 0 Å². The van der Waals surface area contributed by atoms with Crippen LogP contribution in [0, 0.1) is 0 Å². The molecule has 0 heterocycles. The fourth-order valence-electron chi connectivity index (χ4n) is 2.72. The van der Waals surface area contributed by atoms with E-state index in [1.54, 1.807) is 0 Å². The van der Waals surface area contributed by atoms with Gasteiger partial charge in [0.15, 0.2) is 0 Å². The van der Waals surface area contributed by atoms with Crippen LogP contribution in [-0.2, 0) is 10.2 Å². The fourth-order valence-corrected chi connectivity index (χ4v) is 2.98. The molecule has 0 aliphatic heterocycles. The Kier molecular flexibility index (Phi) is 3.12. The lowest BCUT2D eigenvalue weighted by Gasteiger charge is -2.41. The molecule has 0 spiro atoms. The summed E-state index contributed by atoms with van der Waals surface area (Å²) in [6.07, 6.45) is 1.47. The van der Waals surface area contributed by atoms with Crippen molar-refractivity contribution in [3.8, 4) is 0 Å². The monoisotopic (exact) mass is 290 g/mol. The molecule has 0 unspecified atom stereocenters. The van der Waals surface area contributed by atoms with Gasteiger partial charge in [0.1, 0.15) is 5.78 Å². The van der Waals surface area contributed by atoms with Crippen molar-refractivity contribution in [3.63, 3.8) is 0 Å². The van der Waals surface area contributed by atoms with Crippen LogP contribution in [0.3, 0.4) is 0 Å². The van der Waals surface area contributed by atoms with E-state index in [4.69, 9.17) is 23.2 Å². The van der Waals surface area contributed by atoms with Crippen LogP contribution in [0.1, 0.15) is 24.0 Å². The lowest BCUT2D eigenvalue weighted by Crippen LogP contribution is -2.45. The van der Waals surface area contributed by atoms with Crippen molar-refractivity contribution in [2.24, 2.45) is 0 Å². The molecular weight excluding hydrogens is 279 g/mol. The SMILES string of the molecule is O=C1CCC1(c1ccc(Cl)cc1)c1ccc(Cl)cc1. The molecular formula is C16H12Cl2O. The van der Waals surface area contributed by atoms with Crippen LogP contribution >= 0.6 is 23.2 Å². The first kappa shape index (κ1) is 12.7. The summed E-state index contributed by atoms with van der Waals surface area (Å²) in [4.78, 5) is 12.3.